The molecule has 2 fully saturated rings. The fraction of sp³-hybridized carbons (Fsp3) is 0.371. The van der Waals surface area contributed by atoms with Gasteiger partial charge in [0.1, 0.15) is 5.82 Å². The van der Waals surface area contributed by atoms with Gasteiger partial charge in [0.05, 0.1) is 17.5 Å². The summed E-state index contributed by atoms with van der Waals surface area (Å²) in [6.07, 6.45) is 14.3. The predicted molar refractivity (Wildman–Crippen MR) is 154 cm³/mol. The summed E-state index contributed by atoms with van der Waals surface area (Å²) in [4.78, 5) is 23.4. The van der Waals surface area contributed by atoms with E-state index in [1.54, 1.807) is 18.3 Å². The predicted octanol–water partition coefficient (Wildman–Crippen LogP) is 7.68. The lowest BCUT2D eigenvalue weighted by Gasteiger charge is -2.39. The average molecular weight is 532 g/mol. The van der Waals surface area contributed by atoms with Crippen molar-refractivity contribution in [3.05, 3.63) is 113 Å². The molecule has 2 heterocycles. The van der Waals surface area contributed by atoms with Crippen LogP contribution in [0.1, 0.15) is 77.8 Å². The summed E-state index contributed by atoms with van der Waals surface area (Å²) in [5.74, 6) is 0.975. The molecule has 40 heavy (non-hydrogen) atoms. The average Bonchev–Trinajstić information content (AvgIpc) is 3.31. The van der Waals surface area contributed by atoms with Crippen LogP contribution < -0.4 is 0 Å². The molecule has 5 heteroatoms. The zero-order chi connectivity index (χ0) is 27.6. The van der Waals surface area contributed by atoms with Gasteiger partial charge in [-0.05, 0) is 98.2 Å². The molecule has 0 N–H and O–H groups in total. The number of nitriles is 1. The number of Topliss-reactive ketones (excluding diaryl/α,β-unsaturated/α-hetero) is 1. The molecule has 5 atom stereocenters. The number of hydrogen-bond donors (Lipinski definition) is 0. The van der Waals surface area contributed by atoms with E-state index in [2.05, 4.69) is 17.1 Å². The van der Waals surface area contributed by atoms with Gasteiger partial charge >= 0.3 is 0 Å². The number of pyridine rings is 2. The van der Waals surface area contributed by atoms with Crippen molar-refractivity contribution in [1.82, 2.24) is 9.97 Å². The minimum atomic E-state index is -0.202. The molecule has 5 unspecified atom stereocenters. The summed E-state index contributed by atoms with van der Waals surface area (Å²) in [5, 5.41) is 9.79. The maximum atomic E-state index is 14.0. The smallest absolute Gasteiger partial charge is 0.168 e. The Kier molecular flexibility index (Phi) is 7.43. The van der Waals surface area contributed by atoms with Crippen molar-refractivity contribution in [2.75, 3.05) is 0 Å². The van der Waals surface area contributed by atoms with Crippen LogP contribution in [0.2, 0.25) is 0 Å². The first kappa shape index (κ1) is 26.3. The third-order valence-electron chi connectivity index (χ3n) is 9.32. The third-order valence-corrected chi connectivity index (χ3v) is 9.32. The molecule has 0 spiro atoms. The Bertz CT molecular complexity index is 1520. The number of aromatic nitrogens is 2. The number of benzene rings is 1. The molecule has 0 saturated heterocycles. The molecule has 3 aliphatic rings. The summed E-state index contributed by atoms with van der Waals surface area (Å²) >= 11 is 0. The van der Waals surface area contributed by atoms with Crippen LogP contribution in [0.15, 0.2) is 78.6 Å². The van der Waals surface area contributed by atoms with E-state index in [4.69, 9.17) is 4.98 Å². The Labute approximate surface area is 235 Å². The highest BCUT2D eigenvalue weighted by Crippen LogP contribution is 2.47. The molecule has 3 aromatic rings. The monoisotopic (exact) mass is 531 g/mol. The van der Waals surface area contributed by atoms with Crippen LogP contribution in [-0.4, -0.2) is 15.8 Å². The van der Waals surface area contributed by atoms with Gasteiger partial charge in [0.2, 0.25) is 0 Å². The highest BCUT2D eigenvalue weighted by molar-refractivity contribution is 6.00. The number of ketones is 1. The minimum Gasteiger partial charge on any atom is -0.294 e. The Morgan fingerprint density at radius 1 is 1.05 bits per heavy atom. The Morgan fingerprint density at radius 3 is 2.60 bits per heavy atom. The van der Waals surface area contributed by atoms with Crippen molar-refractivity contribution in [3.63, 3.8) is 0 Å². The minimum absolute atomic E-state index is 0.00212. The number of halogens is 1. The topological polar surface area (TPSA) is 66.6 Å². The molecule has 3 aliphatic carbocycles. The fourth-order valence-corrected chi connectivity index (χ4v) is 6.67. The number of allylic oxidation sites excluding steroid dienone is 4. The van der Waals surface area contributed by atoms with E-state index < -0.39 is 0 Å². The maximum absolute atomic E-state index is 14.0. The number of carbonyl (C=O) groups is 1. The molecule has 0 amide bonds. The van der Waals surface area contributed by atoms with E-state index in [0.717, 1.165) is 78.6 Å². The fourth-order valence-electron chi connectivity index (χ4n) is 6.67. The number of rotatable bonds is 9. The highest BCUT2D eigenvalue weighted by Gasteiger charge is 2.41. The molecule has 1 aromatic carbocycles. The van der Waals surface area contributed by atoms with Gasteiger partial charge in [-0.25, -0.2) is 4.39 Å². The molecule has 2 saturated carbocycles. The van der Waals surface area contributed by atoms with Crippen LogP contribution in [0, 0.1) is 40.8 Å². The molecule has 0 radical (unpaired) electrons. The van der Waals surface area contributed by atoms with Crippen molar-refractivity contribution in [2.24, 2.45) is 23.7 Å². The summed E-state index contributed by atoms with van der Waals surface area (Å²) < 4.78 is 13.8. The van der Waals surface area contributed by atoms with Gasteiger partial charge in [0.15, 0.2) is 5.78 Å². The molecule has 0 bridgehead atoms. The van der Waals surface area contributed by atoms with Crippen LogP contribution in [0.4, 0.5) is 4.39 Å². The largest absolute Gasteiger partial charge is 0.294 e. The van der Waals surface area contributed by atoms with Gasteiger partial charge in [-0.2, -0.15) is 5.26 Å². The highest BCUT2D eigenvalue weighted by atomic mass is 19.1. The van der Waals surface area contributed by atoms with E-state index in [1.165, 1.54) is 11.6 Å². The quantitative estimate of drug-likeness (QED) is 0.266. The number of nitrogens with zero attached hydrogens (tertiary/aromatic N) is 3. The summed E-state index contributed by atoms with van der Waals surface area (Å²) in [7, 11) is 0. The van der Waals surface area contributed by atoms with Gasteiger partial charge in [0.25, 0.3) is 0 Å². The second kappa shape index (κ2) is 11.3. The zero-order valence-corrected chi connectivity index (χ0v) is 22.9. The van der Waals surface area contributed by atoms with Crippen molar-refractivity contribution >= 4 is 11.4 Å². The zero-order valence-electron chi connectivity index (χ0n) is 22.9. The lowest BCUT2D eigenvalue weighted by molar-refractivity contribution is 0.0734. The normalized spacial score (nSPS) is 25.3. The van der Waals surface area contributed by atoms with E-state index >= 15 is 0 Å². The molecule has 6 rings (SSSR count). The number of hydrogen-bond acceptors (Lipinski definition) is 4. The van der Waals surface area contributed by atoms with Crippen LogP contribution in [0.5, 0.6) is 0 Å². The van der Waals surface area contributed by atoms with Crippen LogP contribution in [0.3, 0.4) is 0 Å². The van der Waals surface area contributed by atoms with Gasteiger partial charge in [-0.1, -0.05) is 37.3 Å². The molecular weight excluding hydrogens is 497 g/mol. The van der Waals surface area contributed by atoms with Gasteiger partial charge in [-0.3, -0.25) is 14.8 Å². The first-order valence-corrected chi connectivity index (χ1v) is 14.5. The number of carbonyl (C=O) groups excluding carboxylic acids is 1. The molecular formula is C35H34FN3O. The van der Waals surface area contributed by atoms with Crippen molar-refractivity contribution in [1.29, 1.82) is 5.26 Å². The molecule has 202 valence electrons. The number of aryl methyl sites for hydroxylation is 1. The summed E-state index contributed by atoms with van der Waals surface area (Å²) in [5.41, 5.74) is 6.19. The van der Waals surface area contributed by atoms with Gasteiger partial charge in [0, 0.05) is 46.9 Å². The Hall–Kier alpha value is -3.91. The van der Waals surface area contributed by atoms with E-state index in [-0.39, 0.29) is 29.4 Å². The van der Waals surface area contributed by atoms with Crippen molar-refractivity contribution in [3.8, 4) is 6.07 Å². The summed E-state index contributed by atoms with van der Waals surface area (Å²) in [6, 6.07) is 17.2. The second-order valence-electron chi connectivity index (χ2n) is 11.7. The van der Waals surface area contributed by atoms with Crippen molar-refractivity contribution < 1.29 is 9.18 Å². The molecule has 4 nitrogen and oxygen atoms in total. The molecule has 2 aromatic heterocycles. The van der Waals surface area contributed by atoms with Gasteiger partial charge in [-0.15, -0.1) is 0 Å². The maximum Gasteiger partial charge on any atom is 0.168 e. The SMILES string of the molecule is CC1C=CC(c2ccc(C(=O)C3CCC3Cc3cccnc3)c(C3CCC3CCc3cccc(F)c3)n2)=C1C#N. The summed E-state index contributed by atoms with van der Waals surface area (Å²) in [6.45, 7) is 2.02. The van der Waals surface area contributed by atoms with Gasteiger partial charge < -0.3 is 0 Å². The lowest BCUT2D eigenvalue weighted by Crippen LogP contribution is -2.36. The van der Waals surface area contributed by atoms with Crippen LogP contribution >= 0.6 is 0 Å². The third kappa shape index (κ3) is 5.16. The second-order valence-corrected chi connectivity index (χ2v) is 11.7. The Morgan fingerprint density at radius 2 is 1.90 bits per heavy atom. The first-order valence-electron chi connectivity index (χ1n) is 14.5. The standard InChI is InChI=1S/C35H34FN3O/c1-22-7-12-30(32(22)20-37)33-16-15-31(35(40)29-14-11-26(29)18-24-5-3-17-38-21-24)34(39-33)28-13-10-25(28)9-8-23-4-2-6-27(36)19-23/h2-7,12,15-17,19,21-22,25-26,28-29H,8-11,13-14,18H2,1H3. The first-order chi connectivity index (χ1) is 19.5. The van der Waals surface area contributed by atoms with Crippen LogP contribution in [0.25, 0.3) is 5.57 Å². The Balaban J connectivity index is 1.29. The molecule has 0 aliphatic heterocycles. The van der Waals surface area contributed by atoms with E-state index in [0.29, 0.717) is 11.8 Å². The van der Waals surface area contributed by atoms with E-state index in [1.807, 2.05) is 49.5 Å². The van der Waals surface area contributed by atoms with Crippen LogP contribution in [-0.2, 0) is 12.8 Å². The van der Waals surface area contributed by atoms with E-state index in [9.17, 15) is 14.4 Å². The van der Waals surface area contributed by atoms with Crippen molar-refractivity contribution in [2.45, 2.75) is 57.8 Å². The lowest BCUT2D eigenvalue weighted by atomic mass is 9.65.